The highest BCUT2D eigenvalue weighted by Gasteiger charge is 2.45. The van der Waals surface area contributed by atoms with Gasteiger partial charge >= 0.3 is 0 Å². The van der Waals surface area contributed by atoms with Crippen LogP contribution in [0.15, 0.2) is 91.0 Å². The summed E-state index contributed by atoms with van der Waals surface area (Å²) >= 11 is 0. The molecular weight excluding hydrogens is 584 g/mol. The van der Waals surface area contributed by atoms with E-state index >= 15 is 0 Å². The molecule has 0 saturated carbocycles. The standard InChI is InChI=1S/C34H42O9S/c1-24-33(29(19-31(37-3)40-24)38-21-26-13-7-4-8-14-26)42-32-20-30(39-22-27-15-9-5-10-16-27)34(25(2)41-32)43-44(35,36)23-28-17-11-6-12-18-28/h4-18,24-25,29-34H,19-23H2,1-3H3/t24-,25-,29-,30-,31+,32+,33-,34-/m1/s1. The van der Waals surface area contributed by atoms with E-state index in [9.17, 15) is 8.42 Å². The maximum Gasteiger partial charge on any atom is 0.271 e. The molecule has 3 aromatic carbocycles. The second-order valence-corrected chi connectivity index (χ2v) is 12.9. The van der Waals surface area contributed by atoms with Gasteiger partial charge < -0.3 is 28.4 Å². The SMILES string of the molecule is CO[C@@H]1C[C@@H](OCc2ccccc2)[C@H](O[C@H]2C[C@@H](OCc3ccccc3)[C@H](OS(=O)(=O)Cc3ccccc3)[C@@H](C)O2)[C@@H](C)O1. The summed E-state index contributed by atoms with van der Waals surface area (Å²) in [6.45, 7) is 4.40. The molecule has 0 amide bonds. The summed E-state index contributed by atoms with van der Waals surface area (Å²) in [4.78, 5) is 0. The summed E-state index contributed by atoms with van der Waals surface area (Å²) in [5.41, 5.74) is 2.65. The number of hydrogen-bond donors (Lipinski definition) is 0. The van der Waals surface area contributed by atoms with E-state index in [1.165, 1.54) is 0 Å². The van der Waals surface area contributed by atoms with E-state index in [2.05, 4.69) is 0 Å². The van der Waals surface area contributed by atoms with E-state index < -0.39 is 47.1 Å². The van der Waals surface area contributed by atoms with E-state index in [1.54, 1.807) is 38.3 Å². The lowest BCUT2D eigenvalue weighted by molar-refractivity contribution is -0.315. The van der Waals surface area contributed by atoms with Gasteiger partial charge in [-0.1, -0.05) is 91.0 Å². The van der Waals surface area contributed by atoms with Crippen LogP contribution in [0.2, 0.25) is 0 Å². The molecule has 5 rings (SSSR count). The Labute approximate surface area is 260 Å². The van der Waals surface area contributed by atoms with Crippen molar-refractivity contribution in [3.8, 4) is 0 Å². The molecule has 0 radical (unpaired) electrons. The Morgan fingerprint density at radius 2 is 1.11 bits per heavy atom. The Morgan fingerprint density at radius 3 is 1.66 bits per heavy atom. The van der Waals surface area contributed by atoms with Crippen molar-refractivity contribution in [3.05, 3.63) is 108 Å². The van der Waals surface area contributed by atoms with Gasteiger partial charge in [-0.15, -0.1) is 0 Å². The minimum Gasteiger partial charge on any atom is -0.371 e. The largest absolute Gasteiger partial charge is 0.371 e. The fourth-order valence-corrected chi connectivity index (χ4v) is 6.90. The summed E-state index contributed by atoms with van der Waals surface area (Å²) in [5.74, 6) is -0.250. The van der Waals surface area contributed by atoms with Gasteiger partial charge in [0.15, 0.2) is 12.6 Å². The quantitative estimate of drug-likeness (QED) is 0.232. The molecule has 0 aromatic heterocycles. The number of ether oxygens (including phenoxy) is 6. The van der Waals surface area contributed by atoms with Gasteiger partial charge in [0.1, 0.15) is 18.0 Å². The van der Waals surface area contributed by atoms with Gasteiger partial charge in [-0.3, -0.25) is 4.18 Å². The van der Waals surface area contributed by atoms with Crippen molar-refractivity contribution in [1.82, 2.24) is 0 Å². The van der Waals surface area contributed by atoms with Gasteiger partial charge in [0.05, 0.1) is 37.6 Å². The van der Waals surface area contributed by atoms with Gasteiger partial charge in [-0.25, -0.2) is 0 Å². The smallest absolute Gasteiger partial charge is 0.271 e. The Morgan fingerprint density at radius 1 is 0.659 bits per heavy atom. The Kier molecular flexibility index (Phi) is 11.6. The van der Waals surface area contributed by atoms with Crippen molar-refractivity contribution < 1.29 is 41.0 Å². The molecule has 0 aliphatic carbocycles. The maximum atomic E-state index is 13.2. The maximum absolute atomic E-state index is 13.2. The first kappa shape index (κ1) is 32.7. The summed E-state index contributed by atoms with van der Waals surface area (Å²) in [6, 6.07) is 28.6. The molecular formula is C34H42O9S. The highest BCUT2D eigenvalue weighted by Crippen LogP contribution is 2.33. The zero-order valence-corrected chi connectivity index (χ0v) is 26.2. The number of rotatable bonds is 13. The lowest BCUT2D eigenvalue weighted by Crippen LogP contribution is -2.55. The van der Waals surface area contributed by atoms with E-state index in [4.69, 9.17) is 32.6 Å². The summed E-state index contributed by atoms with van der Waals surface area (Å²) in [7, 11) is -2.33. The van der Waals surface area contributed by atoms with Crippen LogP contribution in [-0.4, -0.2) is 64.7 Å². The fraction of sp³-hybridized carbons (Fsp3) is 0.471. The topological polar surface area (TPSA) is 98.8 Å². The van der Waals surface area contributed by atoms with Crippen molar-refractivity contribution >= 4 is 10.1 Å². The first-order chi connectivity index (χ1) is 21.3. The van der Waals surface area contributed by atoms with Crippen molar-refractivity contribution in [1.29, 1.82) is 0 Å². The second kappa shape index (κ2) is 15.6. The van der Waals surface area contributed by atoms with E-state index in [0.29, 0.717) is 18.6 Å². The Hall–Kier alpha value is -2.67. The minimum absolute atomic E-state index is 0.250. The second-order valence-electron chi connectivity index (χ2n) is 11.3. The predicted molar refractivity (Wildman–Crippen MR) is 164 cm³/mol. The molecule has 8 atom stereocenters. The molecule has 2 aliphatic rings. The molecule has 2 heterocycles. The predicted octanol–water partition coefficient (Wildman–Crippen LogP) is 5.37. The Bertz CT molecular complexity index is 1370. The summed E-state index contributed by atoms with van der Waals surface area (Å²) in [6.07, 6.45) is -3.66. The normalized spacial score (nSPS) is 29.3. The third-order valence-corrected chi connectivity index (χ3v) is 9.07. The molecule has 0 bridgehead atoms. The zero-order chi connectivity index (χ0) is 30.9. The molecule has 0 spiro atoms. The molecule has 3 aromatic rings. The van der Waals surface area contributed by atoms with Crippen molar-refractivity contribution in [2.24, 2.45) is 0 Å². The van der Waals surface area contributed by atoms with Gasteiger partial charge in [-0.2, -0.15) is 8.42 Å². The monoisotopic (exact) mass is 626 g/mol. The van der Waals surface area contributed by atoms with Crippen LogP contribution in [0.25, 0.3) is 0 Å². The summed E-state index contributed by atoms with van der Waals surface area (Å²) < 4.78 is 69.2. The van der Waals surface area contributed by atoms with Gasteiger partial charge in [0.25, 0.3) is 10.1 Å². The molecule has 0 N–H and O–H groups in total. The number of methoxy groups -OCH3 is 1. The van der Waals surface area contributed by atoms with Crippen LogP contribution >= 0.6 is 0 Å². The van der Waals surface area contributed by atoms with Crippen LogP contribution in [0.3, 0.4) is 0 Å². The van der Waals surface area contributed by atoms with E-state index in [0.717, 1.165) is 11.1 Å². The average Bonchev–Trinajstić information content (AvgIpc) is 3.02. The van der Waals surface area contributed by atoms with Crippen molar-refractivity contribution in [2.45, 2.75) is 94.9 Å². The third kappa shape index (κ3) is 9.18. The molecule has 238 valence electrons. The average molecular weight is 627 g/mol. The number of benzene rings is 3. The van der Waals surface area contributed by atoms with Crippen LogP contribution in [0.1, 0.15) is 43.4 Å². The lowest BCUT2D eigenvalue weighted by atomic mass is 10.00. The summed E-state index contributed by atoms with van der Waals surface area (Å²) in [5, 5.41) is 0. The molecule has 2 saturated heterocycles. The molecule has 2 fully saturated rings. The molecule has 10 heteroatoms. The number of hydrogen-bond acceptors (Lipinski definition) is 9. The zero-order valence-electron chi connectivity index (χ0n) is 25.4. The highest BCUT2D eigenvalue weighted by atomic mass is 32.2. The highest BCUT2D eigenvalue weighted by molar-refractivity contribution is 7.85. The van der Waals surface area contributed by atoms with E-state index in [1.807, 2.05) is 73.7 Å². The first-order valence-electron chi connectivity index (χ1n) is 15.0. The Balaban J connectivity index is 1.30. The van der Waals surface area contributed by atoms with Crippen LogP contribution in [0.5, 0.6) is 0 Å². The molecule has 2 aliphatic heterocycles. The van der Waals surface area contributed by atoms with Crippen LogP contribution in [0, 0.1) is 0 Å². The van der Waals surface area contributed by atoms with Gasteiger partial charge in [0.2, 0.25) is 0 Å². The van der Waals surface area contributed by atoms with E-state index in [-0.39, 0.29) is 31.0 Å². The molecule has 9 nitrogen and oxygen atoms in total. The molecule has 0 unspecified atom stereocenters. The lowest BCUT2D eigenvalue weighted by Gasteiger charge is -2.44. The van der Waals surface area contributed by atoms with Crippen LogP contribution in [-0.2, 0) is 61.7 Å². The first-order valence-corrected chi connectivity index (χ1v) is 16.6. The molecule has 44 heavy (non-hydrogen) atoms. The third-order valence-electron chi connectivity index (χ3n) is 7.87. The van der Waals surface area contributed by atoms with Crippen LogP contribution < -0.4 is 0 Å². The fourth-order valence-electron chi connectivity index (χ4n) is 5.61. The van der Waals surface area contributed by atoms with Crippen LogP contribution in [0.4, 0.5) is 0 Å². The minimum atomic E-state index is -3.94. The van der Waals surface area contributed by atoms with Gasteiger partial charge in [-0.05, 0) is 30.5 Å². The van der Waals surface area contributed by atoms with Crippen molar-refractivity contribution in [3.63, 3.8) is 0 Å². The van der Waals surface area contributed by atoms with Gasteiger partial charge in [0, 0.05) is 20.0 Å². The van der Waals surface area contributed by atoms with Crippen molar-refractivity contribution in [2.75, 3.05) is 7.11 Å².